The lowest BCUT2D eigenvalue weighted by molar-refractivity contribution is 0.0691. The van der Waals surface area contributed by atoms with Gasteiger partial charge in [0.1, 0.15) is 5.03 Å². The van der Waals surface area contributed by atoms with Crippen molar-refractivity contribution in [3.05, 3.63) is 40.8 Å². The number of carbonyl (C=O) groups is 1. The number of aromatic carboxylic acids is 1. The lowest BCUT2D eigenvalue weighted by Crippen LogP contribution is -2.05. The molecule has 0 saturated heterocycles. The molecule has 0 aliphatic rings. The van der Waals surface area contributed by atoms with Crippen LogP contribution >= 0.6 is 11.8 Å². The van der Waals surface area contributed by atoms with Gasteiger partial charge in [-0.2, -0.15) is 5.10 Å². The van der Waals surface area contributed by atoms with Gasteiger partial charge in [0.2, 0.25) is 0 Å². The molecule has 0 bridgehead atoms. The molecule has 0 atom stereocenters. The second-order valence-electron chi connectivity index (χ2n) is 4.56. The summed E-state index contributed by atoms with van der Waals surface area (Å²) < 4.78 is 1.85. The second kappa shape index (κ2) is 6.09. The quantitative estimate of drug-likeness (QED) is 0.858. The minimum Gasteiger partial charge on any atom is -0.478 e. The molecule has 6 heteroatoms. The topological polar surface area (TPSA) is 68.0 Å². The van der Waals surface area contributed by atoms with Crippen molar-refractivity contribution in [1.82, 2.24) is 14.8 Å². The third-order valence-electron chi connectivity index (χ3n) is 2.91. The molecule has 0 radical (unpaired) electrons. The lowest BCUT2D eigenvalue weighted by atomic mass is 10.1. The van der Waals surface area contributed by atoms with Crippen LogP contribution in [0.3, 0.4) is 0 Å². The van der Waals surface area contributed by atoms with Gasteiger partial charge in [-0.05, 0) is 32.4 Å². The molecule has 106 valence electrons. The van der Waals surface area contributed by atoms with Crippen molar-refractivity contribution >= 4 is 17.7 Å². The molecule has 0 unspecified atom stereocenters. The van der Waals surface area contributed by atoms with Gasteiger partial charge in [0.15, 0.2) is 0 Å². The maximum absolute atomic E-state index is 11.3. The molecule has 0 spiro atoms. The highest BCUT2D eigenvalue weighted by molar-refractivity contribution is 7.98. The predicted octanol–water partition coefficient (Wildman–Crippen LogP) is 2.91. The van der Waals surface area contributed by atoms with Gasteiger partial charge >= 0.3 is 5.97 Å². The largest absolute Gasteiger partial charge is 0.478 e. The van der Waals surface area contributed by atoms with Crippen LogP contribution < -0.4 is 0 Å². The van der Waals surface area contributed by atoms with E-state index in [9.17, 15) is 9.90 Å². The summed E-state index contributed by atoms with van der Waals surface area (Å²) in [7, 11) is 0. The van der Waals surface area contributed by atoms with E-state index in [0.29, 0.717) is 16.3 Å². The fourth-order valence-corrected chi connectivity index (χ4v) is 3.03. The summed E-state index contributed by atoms with van der Waals surface area (Å²) in [6.07, 6.45) is 3.77. The Kier molecular flexibility index (Phi) is 4.44. The first-order valence-corrected chi connectivity index (χ1v) is 7.35. The molecule has 0 aliphatic heterocycles. The maximum Gasteiger partial charge on any atom is 0.338 e. The van der Waals surface area contributed by atoms with Crippen LogP contribution in [0.1, 0.15) is 34.1 Å². The molecule has 2 rings (SSSR count). The Balaban J connectivity index is 2.22. The van der Waals surface area contributed by atoms with Gasteiger partial charge in [-0.3, -0.25) is 4.68 Å². The van der Waals surface area contributed by atoms with E-state index in [0.717, 1.165) is 23.4 Å². The number of pyridine rings is 1. The first kappa shape index (κ1) is 14.6. The average Bonchev–Trinajstić information content (AvgIpc) is 2.82. The molecule has 1 N–H and O–H groups in total. The fraction of sp³-hybridized carbons (Fsp3) is 0.357. The first-order valence-electron chi connectivity index (χ1n) is 6.37. The van der Waals surface area contributed by atoms with Crippen molar-refractivity contribution in [3.63, 3.8) is 0 Å². The van der Waals surface area contributed by atoms with Gasteiger partial charge in [-0.15, -0.1) is 11.8 Å². The molecular weight excluding hydrogens is 274 g/mol. The minimum absolute atomic E-state index is 0.295. The summed E-state index contributed by atoms with van der Waals surface area (Å²) in [5.74, 6) is -0.266. The third-order valence-corrected chi connectivity index (χ3v) is 3.96. The van der Waals surface area contributed by atoms with E-state index >= 15 is 0 Å². The van der Waals surface area contributed by atoms with Crippen LogP contribution in [-0.4, -0.2) is 25.8 Å². The molecule has 2 aromatic heterocycles. The van der Waals surface area contributed by atoms with Crippen LogP contribution in [0.25, 0.3) is 0 Å². The molecule has 0 amide bonds. The summed E-state index contributed by atoms with van der Waals surface area (Å²) in [6, 6.07) is 1.79. The molecule has 0 aliphatic carbocycles. The minimum atomic E-state index is -0.929. The molecule has 0 fully saturated rings. The Hall–Kier alpha value is -1.82. The van der Waals surface area contributed by atoms with E-state index in [1.807, 2.05) is 24.7 Å². The molecule has 2 heterocycles. The summed E-state index contributed by atoms with van der Waals surface area (Å²) >= 11 is 1.44. The summed E-state index contributed by atoms with van der Waals surface area (Å²) in [5, 5.41) is 14.1. The number of hydrogen-bond donors (Lipinski definition) is 1. The molecule has 5 nitrogen and oxygen atoms in total. The van der Waals surface area contributed by atoms with E-state index in [1.165, 1.54) is 11.8 Å². The maximum atomic E-state index is 11.3. The van der Waals surface area contributed by atoms with E-state index in [2.05, 4.69) is 10.1 Å². The number of aryl methyl sites for hydroxylation is 3. The predicted molar refractivity (Wildman–Crippen MR) is 78.1 cm³/mol. The van der Waals surface area contributed by atoms with Crippen LogP contribution in [-0.2, 0) is 12.3 Å². The highest BCUT2D eigenvalue weighted by atomic mass is 32.2. The molecule has 0 aromatic carbocycles. The summed E-state index contributed by atoms with van der Waals surface area (Å²) in [4.78, 5) is 15.7. The monoisotopic (exact) mass is 291 g/mol. The second-order valence-corrected chi connectivity index (χ2v) is 5.52. The van der Waals surface area contributed by atoms with Gasteiger partial charge in [-0.25, -0.2) is 9.78 Å². The number of thioether (sulfide) groups is 1. The highest BCUT2D eigenvalue weighted by Crippen LogP contribution is 2.27. The zero-order valence-corrected chi connectivity index (χ0v) is 12.6. The summed E-state index contributed by atoms with van der Waals surface area (Å²) in [6.45, 7) is 6.53. The van der Waals surface area contributed by atoms with E-state index in [4.69, 9.17) is 0 Å². The van der Waals surface area contributed by atoms with Crippen molar-refractivity contribution in [2.24, 2.45) is 0 Å². The standard InChI is InChI=1S/C14H17N3O2S/c1-4-17-7-11(6-15-17)8-20-13-12(14(18)19)9(2)5-10(3)16-13/h5-7H,4,8H2,1-3H3,(H,18,19). The van der Waals surface area contributed by atoms with E-state index < -0.39 is 5.97 Å². The molecular formula is C14H17N3O2S. The number of rotatable bonds is 5. The normalized spacial score (nSPS) is 10.8. The number of carboxylic acids is 1. The van der Waals surface area contributed by atoms with Crippen LogP contribution in [0.15, 0.2) is 23.5 Å². The van der Waals surface area contributed by atoms with Gasteiger partial charge in [-0.1, -0.05) is 0 Å². The highest BCUT2D eigenvalue weighted by Gasteiger charge is 2.16. The lowest BCUT2D eigenvalue weighted by Gasteiger charge is -2.08. The number of nitrogens with zero attached hydrogens (tertiary/aromatic N) is 3. The van der Waals surface area contributed by atoms with Crippen LogP contribution in [0.2, 0.25) is 0 Å². The van der Waals surface area contributed by atoms with Crippen LogP contribution in [0.5, 0.6) is 0 Å². The van der Waals surface area contributed by atoms with Crippen molar-refractivity contribution < 1.29 is 9.90 Å². The smallest absolute Gasteiger partial charge is 0.338 e. The molecule has 20 heavy (non-hydrogen) atoms. The van der Waals surface area contributed by atoms with E-state index in [1.54, 1.807) is 19.2 Å². The molecule has 2 aromatic rings. The number of aromatic nitrogens is 3. The first-order chi connectivity index (χ1) is 9.51. The van der Waals surface area contributed by atoms with E-state index in [-0.39, 0.29) is 0 Å². The third kappa shape index (κ3) is 3.19. The summed E-state index contributed by atoms with van der Waals surface area (Å²) in [5.41, 5.74) is 2.94. The SMILES string of the molecule is CCn1cc(CSc2nc(C)cc(C)c2C(=O)O)cn1. The van der Waals surface area contributed by atoms with Crippen molar-refractivity contribution in [1.29, 1.82) is 0 Å². The Morgan fingerprint density at radius 3 is 2.80 bits per heavy atom. The Labute approximate surface area is 122 Å². The van der Waals surface area contributed by atoms with Crippen LogP contribution in [0.4, 0.5) is 0 Å². The van der Waals surface area contributed by atoms with Gasteiger partial charge in [0.25, 0.3) is 0 Å². The van der Waals surface area contributed by atoms with Crippen LogP contribution in [0, 0.1) is 13.8 Å². The van der Waals surface area contributed by atoms with Gasteiger partial charge in [0.05, 0.1) is 11.8 Å². The van der Waals surface area contributed by atoms with Crippen molar-refractivity contribution in [2.45, 2.75) is 38.1 Å². The number of carboxylic acid groups (broad SMARTS) is 1. The average molecular weight is 291 g/mol. The number of hydrogen-bond acceptors (Lipinski definition) is 4. The molecule has 0 saturated carbocycles. The zero-order valence-electron chi connectivity index (χ0n) is 11.8. The van der Waals surface area contributed by atoms with Crippen molar-refractivity contribution in [2.75, 3.05) is 0 Å². The van der Waals surface area contributed by atoms with Gasteiger partial charge < -0.3 is 5.11 Å². The Morgan fingerprint density at radius 2 is 2.20 bits per heavy atom. The zero-order chi connectivity index (χ0) is 14.7. The Bertz CT molecular complexity index is 637. The van der Waals surface area contributed by atoms with Crippen molar-refractivity contribution in [3.8, 4) is 0 Å². The fourth-order valence-electron chi connectivity index (χ4n) is 1.97. The Morgan fingerprint density at radius 1 is 1.45 bits per heavy atom. The van der Waals surface area contributed by atoms with Gasteiger partial charge in [0, 0.05) is 29.8 Å².